The van der Waals surface area contributed by atoms with Crippen LogP contribution in [0.4, 0.5) is 5.69 Å². The summed E-state index contributed by atoms with van der Waals surface area (Å²) < 4.78 is 16.6. The Morgan fingerprint density at radius 2 is 1.75 bits per heavy atom. The number of unbranched alkanes of at least 4 members (excludes halogenated alkanes) is 1. The maximum atomic E-state index is 12.2. The van der Waals surface area contributed by atoms with Gasteiger partial charge in [0, 0.05) is 11.8 Å². The fourth-order valence-corrected chi connectivity index (χ4v) is 2.44. The predicted octanol–water partition coefficient (Wildman–Crippen LogP) is 5.31. The molecule has 0 unspecified atom stereocenters. The molecule has 0 atom stereocenters. The first-order valence-electron chi connectivity index (χ1n) is 9.69. The van der Waals surface area contributed by atoms with Crippen LogP contribution in [0.5, 0.6) is 17.2 Å². The van der Waals surface area contributed by atoms with Crippen molar-refractivity contribution in [2.75, 3.05) is 25.6 Å². The van der Waals surface area contributed by atoms with Gasteiger partial charge < -0.3 is 19.5 Å². The lowest BCUT2D eigenvalue weighted by Crippen LogP contribution is -2.07. The van der Waals surface area contributed by atoms with Crippen LogP contribution in [0.25, 0.3) is 6.08 Å². The van der Waals surface area contributed by atoms with Gasteiger partial charge in [-0.25, -0.2) is 0 Å². The number of carbonyl (C=O) groups is 1. The Bertz CT molecular complexity index is 769. The van der Waals surface area contributed by atoms with Gasteiger partial charge in [-0.15, -0.1) is 0 Å². The van der Waals surface area contributed by atoms with Gasteiger partial charge in [-0.2, -0.15) is 0 Å². The molecule has 1 N–H and O–H groups in total. The Labute approximate surface area is 167 Å². The van der Waals surface area contributed by atoms with Crippen LogP contribution >= 0.6 is 0 Å². The summed E-state index contributed by atoms with van der Waals surface area (Å²) in [6.45, 7) is 5.52. The van der Waals surface area contributed by atoms with Gasteiger partial charge in [-0.05, 0) is 60.9 Å². The number of rotatable bonds is 11. The molecule has 0 saturated heterocycles. The van der Waals surface area contributed by atoms with E-state index in [9.17, 15) is 4.79 Å². The molecule has 0 bridgehead atoms. The van der Waals surface area contributed by atoms with E-state index in [4.69, 9.17) is 14.2 Å². The van der Waals surface area contributed by atoms with E-state index in [-0.39, 0.29) is 5.91 Å². The molecule has 0 fully saturated rings. The quantitative estimate of drug-likeness (QED) is 0.422. The van der Waals surface area contributed by atoms with E-state index in [0.29, 0.717) is 24.7 Å². The molecule has 5 nitrogen and oxygen atoms in total. The normalized spacial score (nSPS) is 10.7. The maximum Gasteiger partial charge on any atom is 0.248 e. The van der Waals surface area contributed by atoms with E-state index in [1.807, 2.05) is 42.5 Å². The van der Waals surface area contributed by atoms with Crippen molar-refractivity contribution in [2.24, 2.45) is 0 Å². The molecule has 0 aliphatic rings. The number of hydrogen-bond donors (Lipinski definition) is 1. The van der Waals surface area contributed by atoms with Crippen LogP contribution in [0.3, 0.4) is 0 Å². The molecule has 0 aromatic heterocycles. The SMILES string of the molecule is CCCCOc1ccc(NC(=O)/C=C/c2ccc(OCCC)c(OC)c2)cc1. The second kappa shape index (κ2) is 11.7. The molecule has 2 rings (SSSR count). The van der Waals surface area contributed by atoms with E-state index >= 15 is 0 Å². The van der Waals surface area contributed by atoms with Gasteiger partial charge in [-0.1, -0.05) is 26.3 Å². The first-order valence-corrected chi connectivity index (χ1v) is 9.69. The van der Waals surface area contributed by atoms with Gasteiger partial charge in [0.2, 0.25) is 5.91 Å². The number of benzene rings is 2. The van der Waals surface area contributed by atoms with Crippen molar-refractivity contribution < 1.29 is 19.0 Å². The second-order valence-corrected chi connectivity index (χ2v) is 6.31. The molecular weight excluding hydrogens is 354 g/mol. The lowest BCUT2D eigenvalue weighted by Gasteiger charge is -2.10. The largest absolute Gasteiger partial charge is 0.494 e. The van der Waals surface area contributed by atoms with Crippen molar-refractivity contribution in [2.45, 2.75) is 33.1 Å². The van der Waals surface area contributed by atoms with Crippen molar-refractivity contribution in [1.29, 1.82) is 0 Å². The Balaban J connectivity index is 1.92. The molecule has 0 radical (unpaired) electrons. The van der Waals surface area contributed by atoms with E-state index in [0.717, 1.165) is 36.3 Å². The highest BCUT2D eigenvalue weighted by Crippen LogP contribution is 2.28. The highest BCUT2D eigenvalue weighted by atomic mass is 16.5. The predicted molar refractivity (Wildman–Crippen MR) is 113 cm³/mol. The zero-order valence-electron chi connectivity index (χ0n) is 16.9. The number of methoxy groups -OCH3 is 1. The molecule has 0 aliphatic heterocycles. The molecule has 0 aliphatic carbocycles. The number of amides is 1. The number of anilines is 1. The molecule has 2 aromatic carbocycles. The summed E-state index contributed by atoms with van der Waals surface area (Å²) in [5.74, 6) is 1.95. The first-order chi connectivity index (χ1) is 13.7. The third-order valence-electron chi connectivity index (χ3n) is 3.97. The monoisotopic (exact) mass is 383 g/mol. The van der Waals surface area contributed by atoms with Crippen molar-refractivity contribution in [1.82, 2.24) is 0 Å². The van der Waals surface area contributed by atoms with E-state index in [1.54, 1.807) is 13.2 Å². The average Bonchev–Trinajstić information content (AvgIpc) is 2.72. The van der Waals surface area contributed by atoms with Crippen LogP contribution in [0.15, 0.2) is 48.5 Å². The van der Waals surface area contributed by atoms with Gasteiger partial charge in [0.25, 0.3) is 0 Å². The van der Waals surface area contributed by atoms with Crippen LogP contribution in [0.1, 0.15) is 38.7 Å². The first kappa shape index (κ1) is 21.4. The summed E-state index contributed by atoms with van der Waals surface area (Å²) >= 11 is 0. The highest BCUT2D eigenvalue weighted by Gasteiger charge is 2.05. The summed E-state index contributed by atoms with van der Waals surface area (Å²) in [5.41, 5.74) is 1.58. The van der Waals surface area contributed by atoms with Crippen molar-refractivity contribution in [3.63, 3.8) is 0 Å². The van der Waals surface area contributed by atoms with Crippen LogP contribution in [0.2, 0.25) is 0 Å². The van der Waals surface area contributed by atoms with Gasteiger partial charge in [0.05, 0.1) is 20.3 Å². The molecule has 2 aromatic rings. The summed E-state index contributed by atoms with van der Waals surface area (Å²) in [7, 11) is 1.60. The van der Waals surface area contributed by atoms with Crippen molar-refractivity contribution >= 4 is 17.7 Å². The molecule has 150 valence electrons. The lowest BCUT2D eigenvalue weighted by atomic mass is 10.2. The molecular formula is C23H29NO4. The van der Waals surface area contributed by atoms with Crippen LogP contribution in [-0.4, -0.2) is 26.2 Å². The topological polar surface area (TPSA) is 56.8 Å². The maximum absolute atomic E-state index is 12.2. The average molecular weight is 383 g/mol. The summed E-state index contributed by atoms with van der Waals surface area (Å²) in [5, 5.41) is 2.84. The molecule has 0 spiro atoms. The lowest BCUT2D eigenvalue weighted by molar-refractivity contribution is -0.111. The van der Waals surface area contributed by atoms with Crippen LogP contribution < -0.4 is 19.5 Å². The second-order valence-electron chi connectivity index (χ2n) is 6.31. The Morgan fingerprint density at radius 3 is 2.43 bits per heavy atom. The molecule has 1 amide bonds. The number of ether oxygens (including phenoxy) is 3. The third-order valence-corrected chi connectivity index (χ3v) is 3.97. The molecule has 28 heavy (non-hydrogen) atoms. The standard InChI is InChI=1S/C23H29NO4/c1-4-6-16-27-20-11-9-19(10-12-20)24-23(25)14-8-18-7-13-21(28-15-5-2)22(17-18)26-3/h7-14,17H,4-6,15-16H2,1-3H3,(H,24,25)/b14-8+. The van der Waals surface area contributed by atoms with Crippen molar-refractivity contribution in [3.8, 4) is 17.2 Å². The minimum Gasteiger partial charge on any atom is -0.494 e. The smallest absolute Gasteiger partial charge is 0.248 e. The number of nitrogens with one attached hydrogen (secondary N) is 1. The molecule has 0 heterocycles. The Kier molecular flexibility index (Phi) is 8.92. The minimum atomic E-state index is -0.204. The zero-order valence-corrected chi connectivity index (χ0v) is 16.9. The van der Waals surface area contributed by atoms with Crippen LogP contribution in [-0.2, 0) is 4.79 Å². The third kappa shape index (κ3) is 6.99. The van der Waals surface area contributed by atoms with Gasteiger partial charge >= 0.3 is 0 Å². The van der Waals surface area contributed by atoms with E-state index in [1.165, 1.54) is 6.08 Å². The van der Waals surface area contributed by atoms with E-state index < -0.39 is 0 Å². The fourth-order valence-electron chi connectivity index (χ4n) is 2.44. The zero-order chi connectivity index (χ0) is 20.2. The number of carbonyl (C=O) groups excluding carboxylic acids is 1. The van der Waals surface area contributed by atoms with Gasteiger partial charge in [0.15, 0.2) is 11.5 Å². The van der Waals surface area contributed by atoms with Gasteiger partial charge in [0.1, 0.15) is 5.75 Å². The van der Waals surface area contributed by atoms with Crippen LogP contribution in [0, 0.1) is 0 Å². The highest BCUT2D eigenvalue weighted by molar-refractivity contribution is 6.01. The molecule has 0 saturated carbocycles. The summed E-state index contributed by atoms with van der Waals surface area (Å²) in [6, 6.07) is 13.0. The van der Waals surface area contributed by atoms with Gasteiger partial charge in [-0.3, -0.25) is 4.79 Å². The van der Waals surface area contributed by atoms with Crippen molar-refractivity contribution in [3.05, 3.63) is 54.1 Å². The molecule has 5 heteroatoms. The van der Waals surface area contributed by atoms with E-state index in [2.05, 4.69) is 19.2 Å². The summed E-state index contributed by atoms with van der Waals surface area (Å²) in [6.07, 6.45) is 6.29. The Hall–Kier alpha value is -2.95. The number of hydrogen-bond acceptors (Lipinski definition) is 4. The Morgan fingerprint density at radius 1 is 0.964 bits per heavy atom. The fraction of sp³-hybridized carbons (Fsp3) is 0.348. The minimum absolute atomic E-state index is 0.204. The summed E-state index contributed by atoms with van der Waals surface area (Å²) in [4.78, 5) is 12.2.